The fraction of sp³-hybridized carbons (Fsp3) is 0.364. The van der Waals surface area contributed by atoms with E-state index in [1.54, 1.807) is 25.1 Å². The highest BCUT2D eigenvalue weighted by atomic mass is 33.1. The van der Waals surface area contributed by atoms with Crippen LogP contribution in [0.1, 0.15) is 24.2 Å². The minimum Gasteiger partial charge on any atom is -0.224 e. The minimum atomic E-state index is -3.19. The van der Waals surface area contributed by atoms with Gasteiger partial charge in [-0.2, -0.15) is 5.26 Å². The lowest BCUT2D eigenvalue weighted by Crippen LogP contribution is -2.04. The molecule has 0 aliphatic carbocycles. The molecule has 1 unspecified atom stereocenters. The summed E-state index contributed by atoms with van der Waals surface area (Å²) in [6.45, 7) is 1.61. The Hall–Kier alpha value is -0.640. The monoisotopic (exact) mass is 287 g/mol. The zero-order chi connectivity index (χ0) is 12.9. The molecule has 1 aromatic rings. The van der Waals surface area contributed by atoms with Crippen molar-refractivity contribution in [3.05, 3.63) is 29.8 Å². The summed E-state index contributed by atoms with van der Waals surface area (Å²) in [7, 11) is -1.94. The topological polar surface area (TPSA) is 57.9 Å². The average molecular weight is 287 g/mol. The van der Waals surface area contributed by atoms with Crippen molar-refractivity contribution < 1.29 is 8.42 Å². The summed E-state index contributed by atoms with van der Waals surface area (Å²) in [4.78, 5) is 0.308. The van der Waals surface area contributed by atoms with E-state index in [1.807, 2.05) is 6.07 Å². The van der Waals surface area contributed by atoms with Gasteiger partial charge in [-0.15, -0.1) is 11.7 Å². The number of rotatable bonds is 5. The molecular formula is C11H13NO2S3. The maximum absolute atomic E-state index is 11.7. The molecule has 92 valence electrons. The smallest absolute Gasteiger partial charge is 0.178 e. The Bertz CT molecular complexity index is 520. The number of benzene rings is 1. The van der Waals surface area contributed by atoms with Crippen molar-refractivity contribution in [3.63, 3.8) is 0 Å². The van der Waals surface area contributed by atoms with E-state index in [9.17, 15) is 8.42 Å². The number of nitrogens with zero attached hydrogens (tertiary/aromatic N) is 1. The third kappa shape index (κ3) is 3.66. The highest BCUT2D eigenvalue weighted by Crippen LogP contribution is 2.35. The number of thiol groups is 1. The molecule has 0 aromatic heterocycles. The Morgan fingerprint density at radius 3 is 2.76 bits per heavy atom. The van der Waals surface area contributed by atoms with Gasteiger partial charge >= 0.3 is 0 Å². The Labute approximate surface area is 111 Å². The summed E-state index contributed by atoms with van der Waals surface area (Å²) in [6.07, 6.45) is 0.309. The quantitative estimate of drug-likeness (QED) is 0.668. The molecule has 0 spiro atoms. The van der Waals surface area contributed by atoms with Crippen LogP contribution in [0.3, 0.4) is 0 Å². The fourth-order valence-corrected chi connectivity index (χ4v) is 3.31. The van der Waals surface area contributed by atoms with Crippen LogP contribution in [0.5, 0.6) is 0 Å². The molecule has 0 radical (unpaired) electrons. The van der Waals surface area contributed by atoms with Gasteiger partial charge in [-0.3, -0.25) is 0 Å². The molecule has 0 N–H and O–H groups in total. The minimum absolute atomic E-state index is 0.0768. The lowest BCUT2D eigenvalue weighted by Gasteiger charge is -2.11. The van der Waals surface area contributed by atoms with Crippen molar-refractivity contribution in [2.75, 3.05) is 5.75 Å². The van der Waals surface area contributed by atoms with E-state index in [0.29, 0.717) is 11.3 Å². The van der Waals surface area contributed by atoms with Crippen LogP contribution in [-0.2, 0) is 9.84 Å². The van der Waals surface area contributed by atoms with Crippen LogP contribution in [0.15, 0.2) is 29.2 Å². The summed E-state index contributed by atoms with van der Waals surface area (Å²) < 4.78 is 23.5. The summed E-state index contributed by atoms with van der Waals surface area (Å²) in [6, 6.07) is 8.80. The predicted octanol–water partition coefficient (Wildman–Crippen LogP) is 3.01. The van der Waals surface area contributed by atoms with Gasteiger partial charge in [-0.1, -0.05) is 29.9 Å². The first-order valence-corrected chi connectivity index (χ1v) is 8.63. The highest BCUT2D eigenvalue weighted by Gasteiger charge is 2.15. The van der Waals surface area contributed by atoms with Gasteiger partial charge in [0.15, 0.2) is 9.84 Å². The molecule has 6 heteroatoms. The SMILES string of the molecule is CCS(=O)(=O)c1cccc(C(CC#N)SS)c1. The van der Waals surface area contributed by atoms with E-state index in [0.717, 1.165) is 5.56 Å². The van der Waals surface area contributed by atoms with Gasteiger partial charge in [-0.05, 0) is 17.7 Å². The Balaban J connectivity index is 3.14. The number of nitriles is 1. The summed E-state index contributed by atoms with van der Waals surface area (Å²) in [5.41, 5.74) is 0.820. The second-order valence-corrected chi connectivity index (χ2v) is 7.12. The zero-order valence-electron chi connectivity index (χ0n) is 9.33. The summed E-state index contributed by atoms with van der Waals surface area (Å²) in [5.74, 6) is 0.0768. The molecule has 1 rings (SSSR count). The van der Waals surface area contributed by atoms with Crippen molar-refractivity contribution in [3.8, 4) is 6.07 Å². The van der Waals surface area contributed by atoms with Crippen LogP contribution >= 0.6 is 22.5 Å². The number of hydrogen-bond donors (Lipinski definition) is 1. The highest BCUT2D eigenvalue weighted by molar-refractivity contribution is 8.68. The lowest BCUT2D eigenvalue weighted by molar-refractivity contribution is 0.597. The van der Waals surface area contributed by atoms with Gasteiger partial charge in [0.2, 0.25) is 0 Å². The van der Waals surface area contributed by atoms with Crippen molar-refractivity contribution >= 4 is 32.3 Å². The number of sulfone groups is 1. The van der Waals surface area contributed by atoms with Crippen molar-refractivity contribution in [1.29, 1.82) is 5.26 Å². The van der Waals surface area contributed by atoms with E-state index in [-0.39, 0.29) is 11.0 Å². The van der Waals surface area contributed by atoms with E-state index in [2.05, 4.69) is 17.7 Å². The fourth-order valence-electron chi connectivity index (χ4n) is 1.37. The van der Waals surface area contributed by atoms with Crippen LogP contribution in [0, 0.1) is 11.3 Å². The summed E-state index contributed by atoms with van der Waals surface area (Å²) >= 11 is 4.11. The van der Waals surface area contributed by atoms with Crippen LogP contribution in [0.4, 0.5) is 0 Å². The van der Waals surface area contributed by atoms with Crippen LogP contribution in [-0.4, -0.2) is 14.2 Å². The molecule has 0 aliphatic rings. The lowest BCUT2D eigenvalue weighted by atomic mass is 10.1. The zero-order valence-corrected chi connectivity index (χ0v) is 11.9. The molecule has 0 fully saturated rings. The van der Waals surface area contributed by atoms with Gasteiger partial charge < -0.3 is 0 Å². The van der Waals surface area contributed by atoms with Gasteiger partial charge in [0.25, 0.3) is 0 Å². The first kappa shape index (κ1) is 14.4. The van der Waals surface area contributed by atoms with Gasteiger partial charge in [0.1, 0.15) is 0 Å². The third-order valence-corrected chi connectivity index (χ3v) is 5.56. The third-order valence-electron chi connectivity index (χ3n) is 2.37. The maximum atomic E-state index is 11.7. The Morgan fingerprint density at radius 1 is 1.53 bits per heavy atom. The normalized spacial score (nSPS) is 13.0. The first-order valence-electron chi connectivity index (χ1n) is 5.05. The molecule has 0 aliphatic heterocycles. The standard InChI is InChI=1S/C11H13NO2S3/c1-2-17(13,14)10-5-3-4-9(8-10)11(16-15)6-7-12/h3-5,8,11,15H,2,6H2,1H3. The second kappa shape index (κ2) is 6.34. The molecule has 17 heavy (non-hydrogen) atoms. The Kier molecular flexibility index (Phi) is 5.37. The molecule has 0 amide bonds. The van der Waals surface area contributed by atoms with Crippen molar-refractivity contribution in [2.45, 2.75) is 23.5 Å². The Morgan fingerprint density at radius 2 is 2.24 bits per heavy atom. The van der Waals surface area contributed by atoms with E-state index < -0.39 is 9.84 Å². The largest absolute Gasteiger partial charge is 0.224 e. The molecule has 0 saturated heterocycles. The molecule has 0 heterocycles. The van der Waals surface area contributed by atoms with Crippen LogP contribution in [0.25, 0.3) is 0 Å². The van der Waals surface area contributed by atoms with E-state index in [4.69, 9.17) is 5.26 Å². The maximum Gasteiger partial charge on any atom is 0.178 e. The summed E-state index contributed by atoms with van der Waals surface area (Å²) in [5, 5.41) is 8.59. The van der Waals surface area contributed by atoms with Crippen LogP contribution in [0.2, 0.25) is 0 Å². The molecule has 0 bridgehead atoms. The molecule has 1 atom stereocenters. The average Bonchev–Trinajstić information content (AvgIpc) is 2.36. The van der Waals surface area contributed by atoms with Crippen molar-refractivity contribution in [2.24, 2.45) is 0 Å². The van der Waals surface area contributed by atoms with E-state index >= 15 is 0 Å². The van der Waals surface area contributed by atoms with Gasteiger partial charge in [0.05, 0.1) is 28.4 Å². The number of hydrogen-bond acceptors (Lipinski definition) is 5. The molecule has 3 nitrogen and oxygen atoms in total. The van der Waals surface area contributed by atoms with Gasteiger partial charge in [-0.25, -0.2) is 8.42 Å². The molecule has 0 saturated carbocycles. The van der Waals surface area contributed by atoms with Crippen molar-refractivity contribution in [1.82, 2.24) is 0 Å². The van der Waals surface area contributed by atoms with Crippen LogP contribution < -0.4 is 0 Å². The first-order chi connectivity index (χ1) is 8.05. The second-order valence-electron chi connectivity index (χ2n) is 3.43. The molecule has 1 aromatic carbocycles. The van der Waals surface area contributed by atoms with Gasteiger partial charge in [0, 0.05) is 0 Å². The molecular weight excluding hydrogens is 274 g/mol. The van der Waals surface area contributed by atoms with E-state index in [1.165, 1.54) is 10.8 Å². The predicted molar refractivity (Wildman–Crippen MR) is 73.7 cm³/mol.